The Kier molecular flexibility index (Phi) is 6.04. The van der Waals surface area contributed by atoms with Crippen LogP contribution in [-0.2, 0) is 0 Å². The average molecular weight is 436 g/mol. The molecule has 0 saturated heterocycles. The number of amides is 1. The molecule has 0 radical (unpaired) electrons. The average Bonchev–Trinajstić information content (AvgIpc) is 2.61. The number of nitriles is 1. The molecule has 0 aliphatic carbocycles. The number of rotatable bonds is 5. The van der Waals surface area contributed by atoms with Gasteiger partial charge >= 0.3 is 0 Å². The van der Waals surface area contributed by atoms with Gasteiger partial charge in [-0.3, -0.25) is 4.79 Å². The molecule has 6 heteroatoms. The fraction of sp³-hybridized carbons (Fsp3) is 0.222. The van der Waals surface area contributed by atoms with Crippen molar-refractivity contribution in [3.8, 4) is 17.6 Å². The minimum absolute atomic E-state index is 0.186. The third-order valence-corrected chi connectivity index (χ3v) is 4.50. The second-order valence-electron chi connectivity index (χ2n) is 5.12. The highest BCUT2D eigenvalue weighted by Crippen LogP contribution is 2.31. The van der Waals surface area contributed by atoms with E-state index in [1.807, 2.05) is 19.1 Å². The van der Waals surface area contributed by atoms with Crippen LogP contribution in [0.3, 0.4) is 0 Å². The van der Waals surface area contributed by atoms with Crippen molar-refractivity contribution >= 4 is 28.5 Å². The SMILES string of the molecule is COc1cc(I)c(C(=O)NC(C)c2ccc(C#N)cc2)cc1OC. The molecule has 2 rings (SSSR count). The minimum atomic E-state index is -0.197. The van der Waals surface area contributed by atoms with Crippen LogP contribution in [0.1, 0.15) is 34.5 Å². The highest BCUT2D eigenvalue weighted by Gasteiger charge is 2.17. The van der Waals surface area contributed by atoms with E-state index >= 15 is 0 Å². The van der Waals surface area contributed by atoms with Gasteiger partial charge in [0.15, 0.2) is 11.5 Å². The van der Waals surface area contributed by atoms with E-state index in [0.29, 0.717) is 22.6 Å². The Bertz CT molecular complexity index is 782. The maximum absolute atomic E-state index is 12.6. The Labute approximate surface area is 154 Å². The van der Waals surface area contributed by atoms with Gasteiger partial charge in [-0.2, -0.15) is 5.26 Å². The molecule has 0 heterocycles. The van der Waals surface area contributed by atoms with Crippen LogP contribution in [0.2, 0.25) is 0 Å². The van der Waals surface area contributed by atoms with E-state index in [4.69, 9.17) is 14.7 Å². The Hall–Kier alpha value is -2.27. The number of carbonyl (C=O) groups is 1. The summed E-state index contributed by atoms with van der Waals surface area (Å²) >= 11 is 2.10. The summed E-state index contributed by atoms with van der Waals surface area (Å²) in [6.45, 7) is 1.90. The lowest BCUT2D eigenvalue weighted by molar-refractivity contribution is 0.0938. The maximum atomic E-state index is 12.6. The highest BCUT2D eigenvalue weighted by molar-refractivity contribution is 14.1. The summed E-state index contributed by atoms with van der Waals surface area (Å²) in [5.41, 5.74) is 2.04. The first kappa shape index (κ1) is 18.1. The third kappa shape index (κ3) is 3.97. The quantitative estimate of drug-likeness (QED) is 0.727. The number of hydrogen-bond donors (Lipinski definition) is 1. The topological polar surface area (TPSA) is 71.3 Å². The number of carbonyl (C=O) groups excluding carboxylic acids is 1. The van der Waals surface area contributed by atoms with Crippen LogP contribution in [0.25, 0.3) is 0 Å². The Morgan fingerprint density at radius 3 is 2.29 bits per heavy atom. The molecule has 0 fully saturated rings. The van der Waals surface area contributed by atoms with E-state index in [1.54, 1.807) is 31.4 Å². The zero-order valence-electron chi connectivity index (χ0n) is 13.6. The lowest BCUT2D eigenvalue weighted by Gasteiger charge is -2.16. The normalized spacial score (nSPS) is 11.3. The van der Waals surface area contributed by atoms with Gasteiger partial charge in [-0.15, -0.1) is 0 Å². The minimum Gasteiger partial charge on any atom is -0.493 e. The summed E-state index contributed by atoms with van der Waals surface area (Å²) in [4.78, 5) is 12.6. The van der Waals surface area contributed by atoms with Crippen molar-refractivity contribution in [3.63, 3.8) is 0 Å². The third-order valence-electron chi connectivity index (χ3n) is 3.61. The number of hydrogen-bond acceptors (Lipinski definition) is 4. The highest BCUT2D eigenvalue weighted by atomic mass is 127. The summed E-state index contributed by atoms with van der Waals surface area (Å²) < 4.78 is 11.3. The maximum Gasteiger partial charge on any atom is 0.252 e. The second kappa shape index (κ2) is 8.02. The molecule has 2 aromatic rings. The molecular weight excluding hydrogens is 419 g/mol. The van der Waals surface area contributed by atoms with Crippen molar-refractivity contribution in [3.05, 3.63) is 56.7 Å². The van der Waals surface area contributed by atoms with Gasteiger partial charge in [-0.05, 0) is 59.3 Å². The lowest BCUT2D eigenvalue weighted by Crippen LogP contribution is -2.27. The number of methoxy groups -OCH3 is 2. The van der Waals surface area contributed by atoms with Crippen molar-refractivity contribution in [2.75, 3.05) is 14.2 Å². The van der Waals surface area contributed by atoms with Gasteiger partial charge in [0, 0.05) is 3.57 Å². The number of halogens is 1. The monoisotopic (exact) mass is 436 g/mol. The molecule has 0 aromatic heterocycles. The molecule has 2 aromatic carbocycles. The number of nitrogens with one attached hydrogen (secondary N) is 1. The lowest BCUT2D eigenvalue weighted by atomic mass is 10.1. The molecule has 0 aliphatic rings. The van der Waals surface area contributed by atoms with Crippen LogP contribution >= 0.6 is 22.6 Å². The molecule has 1 atom stereocenters. The fourth-order valence-electron chi connectivity index (χ4n) is 2.23. The van der Waals surface area contributed by atoms with Crippen LogP contribution in [-0.4, -0.2) is 20.1 Å². The molecule has 124 valence electrons. The van der Waals surface area contributed by atoms with Gasteiger partial charge in [0.25, 0.3) is 5.91 Å². The summed E-state index contributed by atoms with van der Waals surface area (Å²) in [5.74, 6) is 0.893. The summed E-state index contributed by atoms with van der Waals surface area (Å²) in [7, 11) is 3.09. The van der Waals surface area contributed by atoms with E-state index in [-0.39, 0.29) is 11.9 Å². The molecular formula is C18H17IN2O3. The van der Waals surface area contributed by atoms with Gasteiger partial charge in [0.05, 0.1) is 37.5 Å². The molecule has 0 aliphatic heterocycles. The first-order chi connectivity index (χ1) is 11.5. The first-order valence-electron chi connectivity index (χ1n) is 7.22. The molecule has 0 saturated carbocycles. The molecule has 1 amide bonds. The van der Waals surface area contributed by atoms with E-state index in [2.05, 4.69) is 34.0 Å². The molecule has 1 N–H and O–H groups in total. The number of ether oxygens (including phenoxy) is 2. The van der Waals surface area contributed by atoms with Crippen LogP contribution < -0.4 is 14.8 Å². The van der Waals surface area contributed by atoms with Crippen molar-refractivity contribution in [2.45, 2.75) is 13.0 Å². The van der Waals surface area contributed by atoms with E-state index in [0.717, 1.165) is 9.13 Å². The second-order valence-corrected chi connectivity index (χ2v) is 6.28. The fourth-order valence-corrected chi connectivity index (χ4v) is 2.92. The zero-order valence-corrected chi connectivity index (χ0v) is 15.7. The van der Waals surface area contributed by atoms with Crippen LogP contribution in [0.15, 0.2) is 36.4 Å². The van der Waals surface area contributed by atoms with Crippen molar-refractivity contribution in [2.24, 2.45) is 0 Å². The van der Waals surface area contributed by atoms with E-state index in [1.165, 1.54) is 7.11 Å². The van der Waals surface area contributed by atoms with Gasteiger partial charge < -0.3 is 14.8 Å². The molecule has 24 heavy (non-hydrogen) atoms. The van der Waals surface area contributed by atoms with Crippen molar-refractivity contribution < 1.29 is 14.3 Å². The number of nitrogens with zero attached hydrogens (tertiary/aromatic N) is 1. The largest absolute Gasteiger partial charge is 0.493 e. The van der Waals surface area contributed by atoms with Crippen molar-refractivity contribution in [1.29, 1.82) is 5.26 Å². The Balaban J connectivity index is 2.21. The number of benzene rings is 2. The van der Waals surface area contributed by atoms with Gasteiger partial charge in [0.2, 0.25) is 0 Å². The van der Waals surface area contributed by atoms with E-state index < -0.39 is 0 Å². The molecule has 0 bridgehead atoms. The smallest absolute Gasteiger partial charge is 0.252 e. The molecule has 1 unspecified atom stereocenters. The first-order valence-corrected chi connectivity index (χ1v) is 8.30. The van der Waals surface area contributed by atoms with Crippen LogP contribution in [0, 0.1) is 14.9 Å². The Morgan fingerprint density at radius 2 is 1.75 bits per heavy atom. The zero-order chi connectivity index (χ0) is 17.7. The van der Waals surface area contributed by atoms with Crippen LogP contribution in [0.4, 0.5) is 0 Å². The summed E-state index contributed by atoms with van der Waals surface area (Å²) in [5, 5.41) is 11.8. The summed E-state index contributed by atoms with van der Waals surface area (Å²) in [6, 6.07) is 12.5. The van der Waals surface area contributed by atoms with Gasteiger partial charge in [0.1, 0.15) is 0 Å². The van der Waals surface area contributed by atoms with Crippen molar-refractivity contribution in [1.82, 2.24) is 5.32 Å². The van der Waals surface area contributed by atoms with E-state index in [9.17, 15) is 4.79 Å². The van der Waals surface area contributed by atoms with Crippen LogP contribution in [0.5, 0.6) is 11.5 Å². The summed E-state index contributed by atoms with van der Waals surface area (Å²) in [6.07, 6.45) is 0. The van der Waals surface area contributed by atoms with Gasteiger partial charge in [-0.25, -0.2) is 0 Å². The predicted molar refractivity (Wildman–Crippen MR) is 99.3 cm³/mol. The Morgan fingerprint density at radius 1 is 1.17 bits per heavy atom. The molecule has 5 nitrogen and oxygen atoms in total. The van der Waals surface area contributed by atoms with Gasteiger partial charge in [-0.1, -0.05) is 12.1 Å². The molecule has 0 spiro atoms. The predicted octanol–water partition coefficient (Wildman–Crippen LogP) is 3.67. The standard InChI is InChI=1S/C18H17IN2O3/c1-11(13-6-4-12(10-20)5-7-13)21-18(22)14-8-16(23-2)17(24-3)9-15(14)19/h4-9,11H,1-3H3,(H,21,22).